The highest BCUT2D eigenvalue weighted by molar-refractivity contribution is 7.98. The van der Waals surface area contributed by atoms with E-state index in [1.807, 2.05) is 19.1 Å². The largest absolute Gasteiger partial charge is 0.354 e. The van der Waals surface area contributed by atoms with Crippen molar-refractivity contribution in [3.05, 3.63) is 29.1 Å². The van der Waals surface area contributed by atoms with Crippen molar-refractivity contribution in [3.8, 4) is 0 Å². The summed E-state index contributed by atoms with van der Waals surface area (Å²) in [6.45, 7) is 3.46. The molecule has 7 nitrogen and oxygen atoms in total. The quantitative estimate of drug-likeness (QED) is 0.914. The first kappa shape index (κ1) is 15.4. The fourth-order valence-electron chi connectivity index (χ4n) is 3.13. The van der Waals surface area contributed by atoms with Crippen LogP contribution in [-0.4, -0.2) is 34.4 Å². The second-order valence-electron chi connectivity index (χ2n) is 6.24. The number of amides is 1. The Labute approximate surface area is 144 Å². The van der Waals surface area contributed by atoms with Gasteiger partial charge in [0.15, 0.2) is 5.82 Å². The Morgan fingerprint density at radius 1 is 1.38 bits per heavy atom. The highest BCUT2D eigenvalue weighted by atomic mass is 32.2. The smallest absolute Gasteiger partial charge is 0.235 e. The number of carbonyl (C=O) groups excluding carboxylic acids is 1. The van der Waals surface area contributed by atoms with Crippen LogP contribution in [0.15, 0.2) is 16.7 Å². The summed E-state index contributed by atoms with van der Waals surface area (Å²) < 4.78 is 5.29. The number of thioether (sulfide) groups is 1. The Kier molecular flexibility index (Phi) is 4.13. The normalized spacial score (nSPS) is 20.0. The van der Waals surface area contributed by atoms with Crippen LogP contribution < -0.4 is 10.2 Å². The number of nitrogens with zero attached hydrogens (tertiary/aromatic N) is 4. The molecule has 1 fully saturated rings. The highest BCUT2D eigenvalue weighted by Crippen LogP contribution is 2.35. The van der Waals surface area contributed by atoms with Gasteiger partial charge < -0.3 is 9.42 Å². The lowest BCUT2D eigenvalue weighted by Gasteiger charge is -2.32. The molecule has 0 aliphatic carbocycles. The fraction of sp³-hybridized carbons (Fsp3) is 0.500. The van der Waals surface area contributed by atoms with Crippen LogP contribution in [0.25, 0.3) is 0 Å². The Bertz CT molecular complexity index is 745. The summed E-state index contributed by atoms with van der Waals surface area (Å²) in [5.41, 5.74) is 2.88. The minimum Gasteiger partial charge on any atom is -0.354 e. The predicted molar refractivity (Wildman–Crippen MR) is 91.8 cm³/mol. The highest BCUT2D eigenvalue weighted by Gasteiger charge is 2.29. The van der Waals surface area contributed by atoms with Crippen LogP contribution in [0.2, 0.25) is 0 Å². The molecule has 0 saturated carbocycles. The lowest BCUT2D eigenvalue weighted by Crippen LogP contribution is -2.41. The van der Waals surface area contributed by atoms with E-state index >= 15 is 0 Å². The van der Waals surface area contributed by atoms with Gasteiger partial charge in [0, 0.05) is 24.6 Å². The van der Waals surface area contributed by atoms with Gasteiger partial charge >= 0.3 is 0 Å². The van der Waals surface area contributed by atoms with Gasteiger partial charge in [-0.1, -0.05) is 5.16 Å². The molecular formula is C16H19N5O2S. The monoisotopic (exact) mass is 345 g/mol. The molecule has 0 aromatic carbocycles. The molecule has 1 amide bonds. The van der Waals surface area contributed by atoms with Gasteiger partial charge in [0.05, 0.1) is 22.9 Å². The molecule has 2 aliphatic heterocycles. The third kappa shape index (κ3) is 2.98. The molecule has 24 heavy (non-hydrogen) atoms. The molecule has 0 spiro atoms. The van der Waals surface area contributed by atoms with E-state index in [-0.39, 0.29) is 11.8 Å². The number of aromatic nitrogens is 3. The number of nitrogens with one attached hydrogen (secondary N) is 1. The molecule has 8 heteroatoms. The summed E-state index contributed by atoms with van der Waals surface area (Å²) in [6.07, 6.45) is 1.82. The molecule has 1 N–H and O–H groups in total. The number of anilines is 2. The van der Waals surface area contributed by atoms with Crippen LogP contribution in [0.3, 0.4) is 0 Å². The number of aryl methyl sites for hydroxylation is 1. The van der Waals surface area contributed by atoms with Gasteiger partial charge in [-0.25, -0.2) is 0 Å². The third-order valence-electron chi connectivity index (χ3n) is 4.49. The summed E-state index contributed by atoms with van der Waals surface area (Å²) in [4.78, 5) is 14.8. The molecule has 2 aliphatic rings. The van der Waals surface area contributed by atoms with Crippen LogP contribution in [0.4, 0.5) is 11.7 Å². The van der Waals surface area contributed by atoms with Gasteiger partial charge in [-0.05, 0) is 31.9 Å². The molecule has 4 rings (SSSR count). The average Bonchev–Trinajstić information content (AvgIpc) is 3.21. The Balaban J connectivity index is 1.43. The zero-order chi connectivity index (χ0) is 16.5. The maximum Gasteiger partial charge on any atom is 0.235 e. The van der Waals surface area contributed by atoms with Crippen molar-refractivity contribution in [1.29, 1.82) is 0 Å². The number of piperidine rings is 1. The first-order valence-corrected chi connectivity index (χ1v) is 9.27. The Morgan fingerprint density at radius 3 is 3.12 bits per heavy atom. The van der Waals surface area contributed by atoms with Crippen molar-refractivity contribution in [1.82, 2.24) is 15.4 Å². The van der Waals surface area contributed by atoms with Crippen molar-refractivity contribution in [3.63, 3.8) is 0 Å². The van der Waals surface area contributed by atoms with Crippen LogP contribution in [0.1, 0.15) is 29.8 Å². The van der Waals surface area contributed by atoms with E-state index in [0.29, 0.717) is 12.4 Å². The van der Waals surface area contributed by atoms with Crippen molar-refractivity contribution in [2.45, 2.75) is 31.3 Å². The Hall–Kier alpha value is -2.09. The number of hydrogen-bond donors (Lipinski definition) is 1. The van der Waals surface area contributed by atoms with Crippen LogP contribution in [0.5, 0.6) is 0 Å². The molecule has 2 aromatic heterocycles. The van der Waals surface area contributed by atoms with Crippen molar-refractivity contribution < 1.29 is 9.32 Å². The summed E-state index contributed by atoms with van der Waals surface area (Å²) in [5.74, 6) is 2.97. The van der Waals surface area contributed by atoms with Gasteiger partial charge in [-0.15, -0.1) is 5.10 Å². The lowest BCUT2D eigenvalue weighted by atomic mass is 9.97. The van der Waals surface area contributed by atoms with Gasteiger partial charge in [-0.2, -0.15) is 16.9 Å². The first-order valence-electron chi connectivity index (χ1n) is 8.12. The van der Waals surface area contributed by atoms with Crippen molar-refractivity contribution in [2.24, 2.45) is 5.92 Å². The molecule has 1 saturated heterocycles. The van der Waals surface area contributed by atoms with E-state index < -0.39 is 0 Å². The summed E-state index contributed by atoms with van der Waals surface area (Å²) in [6, 6.07) is 3.91. The van der Waals surface area contributed by atoms with Gasteiger partial charge in [0.2, 0.25) is 11.8 Å². The maximum absolute atomic E-state index is 12.6. The van der Waals surface area contributed by atoms with Gasteiger partial charge in [0.25, 0.3) is 0 Å². The predicted octanol–water partition coefficient (Wildman–Crippen LogP) is 2.37. The molecule has 4 heterocycles. The molecular weight excluding hydrogens is 326 g/mol. The zero-order valence-corrected chi connectivity index (χ0v) is 14.3. The standard InChI is InChI=1S/C16H19N5O2S/c1-10-4-5-14(19-18-10)21-6-2-3-11(7-21)15(22)17-16-12-8-24-9-13(12)20-23-16/h4-5,11H,2-3,6-9H2,1H3,(H,17,22). The van der Waals surface area contributed by atoms with E-state index in [0.717, 1.165) is 53.7 Å². The number of hydrogen-bond acceptors (Lipinski definition) is 7. The second-order valence-corrected chi connectivity index (χ2v) is 7.22. The Morgan fingerprint density at radius 2 is 2.29 bits per heavy atom. The second kappa shape index (κ2) is 6.43. The van der Waals surface area contributed by atoms with Crippen LogP contribution >= 0.6 is 11.8 Å². The molecule has 1 unspecified atom stereocenters. The third-order valence-corrected chi connectivity index (χ3v) is 5.46. The zero-order valence-electron chi connectivity index (χ0n) is 13.5. The van der Waals surface area contributed by atoms with E-state index in [4.69, 9.17) is 4.52 Å². The molecule has 0 bridgehead atoms. The number of fused-ring (bicyclic) bond motifs is 1. The summed E-state index contributed by atoms with van der Waals surface area (Å²) in [5, 5.41) is 15.3. The molecule has 2 aromatic rings. The molecule has 126 valence electrons. The first-order chi connectivity index (χ1) is 11.7. The summed E-state index contributed by atoms with van der Waals surface area (Å²) >= 11 is 1.79. The van der Waals surface area contributed by atoms with Crippen molar-refractivity contribution >= 4 is 29.4 Å². The lowest BCUT2D eigenvalue weighted by molar-refractivity contribution is -0.120. The van der Waals surface area contributed by atoms with Gasteiger partial charge in [0.1, 0.15) is 0 Å². The maximum atomic E-state index is 12.6. The van der Waals surface area contributed by atoms with E-state index in [1.54, 1.807) is 11.8 Å². The molecule has 0 radical (unpaired) electrons. The van der Waals surface area contributed by atoms with Crippen LogP contribution in [0, 0.1) is 12.8 Å². The van der Waals surface area contributed by atoms with E-state index in [1.165, 1.54) is 0 Å². The van der Waals surface area contributed by atoms with Crippen LogP contribution in [-0.2, 0) is 16.3 Å². The fourth-order valence-corrected chi connectivity index (χ4v) is 4.15. The topological polar surface area (TPSA) is 84.2 Å². The van der Waals surface area contributed by atoms with E-state index in [2.05, 4.69) is 25.6 Å². The minimum atomic E-state index is -0.0864. The average molecular weight is 345 g/mol. The van der Waals surface area contributed by atoms with Gasteiger partial charge in [-0.3, -0.25) is 10.1 Å². The SMILES string of the molecule is Cc1ccc(N2CCCC(C(=O)Nc3onc4c3CSC4)C2)nn1. The molecule has 1 atom stereocenters. The number of rotatable bonds is 3. The van der Waals surface area contributed by atoms with E-state index in [9.17, 15) is 4.79 Å². The minimum absolute atomic E-state index is 0.00405. The number of carbonyl (C=O) groups is 1. The summed E-state index contributed by atoms with van der Waals surface area (Å²) in [7, 11) is 0. The van der Waals surface area contributed by atoms with Crippen molar-refractivity contribution in [2.75, 3.05) is 23.3 Å².